The van der Waals surface area contributed by atoms with Crippen LogP contribution in [-0.4, -0.2) is 59.2 Å². The van der Waals surface area contributed by atoms with Crippen LogP contribution in [-0.2, 0) is 0 Å². The van der Waals surface area contributed by atoms with Gasteiger partial charge in [0.25, 0.3) is 0 Å². The molecule has 0 saturated carbocycles. The number of fused-ring (bicyclic) bond motifs is 1. The van der Waals surface area contributed by atoms with Crippen molar-refractivity contribution < 1.29 is 14.6 Å². The highest BCUT2D eigenvalue weighted by molar-refractivity contribution is 7.99. The number of aromatic nitrogens is 2. The van der Waals surface area contributed by atoms with Crippen molar-refractivity contribution >= 4 is 34.2 Å². The molecule has 10 heteroatoms. The first-order chi connectivity index (χ1) is 21.6. The van der Waals surface area contributed by atoms with Crippen LogP contribution in [0.2, 0.25) is 0 Å². The fourth-order valence-corrected chi connectivity index (χ4v) is 5.97. The summed E-state index contributed by atoms with van der Waals surface area (Å²) in [5.74, 6) is 3.21. The summed E-state index contributed by atoms with van der Waals surface area (Å²) < 4.78 is 11.9. The Hall–Kier alpha value is -3.76. The normalized spacial score (nSPS) is 15.8. The van der Waals surface area contributed by atoms with Crippen molar-refractivity contribution in [3.05, 3.63) is 66.5 Å². The molecule has 0 atom stereocenters. The minimum Gasteiger partial charge on any atom is -0.512 e. The second-order valence-electron chi connectivity index (χ2n) is 12.3. The fourth-order valence-electron chi connectivity index (χ4n) is 5.04. The average molecular weight is 633 g/mol. The van der Waals surface area contributed by atoms with Gasteiger partial charge >= 0.3 is 0 Å². The highest BCUT2D eigenvalue weighted by Crippen LogP contribution is 2.38. The lowest BCUT2D eigenvalue weighted by Crippen LogP contribution is -2.36. The number of aliphatic hydroxyl groups excluding tert-OH is 1. The molecule has 1 aliphatic heterocycles. The summed E-state index contributed by atoms with van der Waals surface area (Å²) in [6.07, 6.45) is 9.61. The zero-order valence-corrected chi connectivity index (χ0v) is 28.3. The predicted octanol–water partition coefficient (Wildman–Crippen LogP) is 7.80. The summed E-state index contributed by atoms with van der Waals surface area (Å²) in [5.41, 5.74) is 7.37. The number of piperidine rings is 1. The minimum atomic E-state index is -0.414. The monoisotopic (exact) mass is 632 g/mol. The number of amidine groups is 1. The number of hydrogen-bond acceptors (Lipinski definition) is 9. The summed E-state index contributed by atoms with van der Waals surface area (Å²) >= 11 is 1.54. The molecule has 2 heterocycles. The van der Waals surface area contributed by atoms with E-state index in [2.05, 4.69) is 32.1 Å². The van der Waals surface area contributed by atoms with Crippen LogP contribution in [0.25, 0.3) is 10.9 Å². The number of ether oxygens (including phenoxy) is 2. The van der Waals surface area contributed by atoms with Crippen molar-refractivity contribution in [2.75, 3.05) is 38.7 Å². The van der Waals surface area contributed by atoms with E-state index in [9.17, 15) is 5.11 Å². The molecule has 2 aromatic carbocycles. The molecule has 45 heavy (non-hydrogen) atoms. The summed E-state index contributed by atoms with van der Waals surface area (Å²) in [5, 5.41) is 15.4. The van der Waals surface area contributed by atoms with Crippen LogP contribution in [0.15, 0.2) is 81.4 Å². The number of allylic oxidation sites excluding steroid dienone is 2. The molecular weight excluding hydrogens is 584 g/mol. The first kappa shape index (κ1) is 34.1. The molecule has 4 N–H and O–H groups in total. The third-order valence-corrected chi connectivity index (χ3v) is 8.86. The zero-order chi connectivity index (χ0) is 32.4. The molecule has 1 aliphatic rings. The Morgan fingerprint density at radius 2 is 1.93 bits per heavy atom. The number of nitrogens with two attached hydrogens (primary N) is 1. The maximum atomic E-state index is 10.3. The number of anilines is 1. The number of benzene rings is 2. The molecule has 1 saturated heterocycles. The van der Waals surface area contributed by atoms with E-state index >= 15 is 0 Å². The minimum absolute atomic E-state index is 0.174. The van der Waals surface area contributed by atoms with Crippen molar-refractivity contribution in [3.8, 4) is 11.5 Å². The quantitative estimate of drug-likeness (QED) is 0.0751. The van der Waals surface area contributed by atoms with Crippen LogP contribution in [0.5, 0.6) is 11.5 Å². The van der Waals surface area contributed by atoms with E-state index in [-0.39, 0.29) is 11.6 Å². The van der Waals surface area contributed by atoms with Crippen molar-refractivity contribution in [2.45, 2.75) is 70.2 Å². The van der Waals surface area contributed by atoms with Gasteiger partial charge in [0, 0.05) is 40.1 Å². The number of rotatable bonds is 13. The Morgan fingerprint density at radius 1 is 1.16 bits per heavy atom. The van der Waals surface area contributed by atoms with Crippen molar-refractivity contribution in [2.24, 2.45) is 22.1 Å². The van der Waals surface area contributed by atoms with E-state index in [1.807, 2.05) is 70.2 Å². The highest BCUT2D eigenvalue weighted by atomic mass is 32.2. The van der Waals surface area contributed by atoms with Gasteiger partial charge in [-0.3, -0.25) is 4.90 Å². The van der Waals surface area contributed by atoms with Crippen LogP contribution in [0.3, 0.4) is 0 Å². The molecule has 0 radical (unpaired) electrons. The number of likely N-dealkylation sites (tertiary alicyclic amines) is 1. The largest absolute Gasteiger partial charge is 0.512 e. The molecule has 0 spiro atoms. The first-order valence-electron chi connectivity index (χ1n) is 15.8. The maximum absolute atomic E-state index is 10.3. The van der Waals surface area contributed by atoms with Gasteiger partial charge in [0.05, 0.1) is 12.6 Å². The summed E-state index contributed by atoms with van der Waals surface area (Å²) in [6.45, 7) is 13.8. The van der Waals surface area contributed by atoms with Gasteiger partial charge in [0.2, 0.25) is 0 Å². The van der Waals surface area contributed by atoms with Gasteiger partial charge in [-0.25, -0.2) is 15.0 Å². The lowest BCUT2D eigenvalue weighted by Gasteiger charge is -2.31. The standard InChI is InChI=1S/C35H48N6O3S/c1-7-10-33(40-32(36)22-31(42)35(3,4)5)39-25-11-9-12-26(19-25)45-34-27-20-29(43-6)30(21-28(27)37-23-38-34)44-18-17-41-15-13-24(8-2)14-16-41/h9-12,19-24,39,42H,7-8,13-18H2,1-6H3,(H2,36,40)/b31-22-,33-10-. The van der Waals surface area contributed by atoms with E-state index < -0.39 is 5.41 Å². The molecular formula is C35H48N6O3S. The van der Waals surface area contributed by atoms with E-state index in [1.54, 1.807) is 25.2 Å². The van der Waals surface area contributed by atoms with Crippen molar-refractivity contribution in [1.82, 2.24) is 14.9 Å². The predicted molar refractivity (Wildman–Crippen MR) is 185 cm³/mol. The molecule has 0 bridgehead atoms. The second kappa shape index (κ2) is 16.0. The molecule has 242 valence electrons. The Labute approximate surface area is 272 Å². The van der Waals surface area contributed by atoms with Gasteiger partial charge < -0.3 is 25.6 Å². The Kier molecular flexibility index (Phi) is 12.1. The van der Waals surface area contributed by atoms with Gasteiger partial charge in [-0.2, -0.15) is 0 Å². The summed E-state index contributed by atoms with van der Waals surface area (Å²) in [7, 11) is 1.66. The maximum Gasteiger partial charge on any atom is 0.163 e. The van der Waals surface area contributed by atoms with E-state index in [1.165, 1.54) is 25.3 Å². The lowest BCUT2D eigenvalue weighted by molar-refractivity contribution is 0.152. The van der Waals surface area contributed by atoms with Gasteiger partial charge in [0.15, 0.2) is 11.5 Å². The van der Waals surface area contributed by atoms with Crippen molar-refractivity contribution in [3.63, 3.8) is 0 Å². The molecule has 3 aromatic rings. The van der Waals surface area contributed by atoms with E-state index in [4.69, 9.17) is 15.2 Å². The molecule has 1 fully saturated rings. The summed E-state index contributed by atoms with van der Waals surface area (Å²) in [6, 6.07) is 11.9. The number of methoxy groups -OCH3 is 1. The number of nitrogens with one attached hydrogen (secondary N) is 1. The SMILES string of the molecule is CC\C=C(/N=C(N)\C=C(/O)C(C)(C)C)Nc1cccc(Sc2ncnc3cc(OCCN4CCC(CC)CC4)c(OC)cc23)c1. The lowest BCUT2D eigenvalue weighted by atomic mass is 9.93. The van der Waals surface area contributed by atoms with Gasteiger partial charge in [-0.05, 0) is 68.6 Å². The Balaban J connectivity index is 1.47. The van der Waals surface area contributed by atoms with Gasteiger partial charge in [-0.1, -0.05) is 58.9 Å². The average Bonchev–Trinajstić information content (AvgIpc) is 3.01. The van der Waals surface area contributed by atoms with Crippen LogP contribution < -0.4 is 20.5 Å². The van der Waals surface area contributed by atoms with Crippen molar-refractivity contribution in [1.29, 1.82) is 0 Å². The number of aliphatic imine (C=N–C) groups is 1. The summed E-state index contributed by atoms with van der Waals surface area (Å²) in [4.78, 5) is 17.1. The smallest absolute Gasteiger partial charge is 0.163 e. The van der Waals surface area contributed by atoms with Gasteiger partial charge in [-0.15, -0.1) is 0 Å². The number of hydrogen-bond donors (Lipinski definition) is 3. The van der Waals surface area contributed by atoms with Crippen LogP contribution in [0.1, 0.15) is 60.3 Å². The van der Waals surface area contributed by atoms with Gasteiger partial charge in [0.1, 0.15) is 35.4 Å². The number of nitrogens with zero attached hydrogens (tertiary/aromatic N) is 4. The molecule has 4 rings (SSSR count). The second-order valence-corrected chi connectivity index (χ2v) is 13.4. The van der Waals surface area contributed by atoms with Crippen LogP contribution >= 0.6 is 11.8 Å². The molecule has 0 aliphatic carbocycles. The zero-order valence-electron chi connectivity index (χ0n) is 27.5. The third kappa shape index (κ3) is 9.86. The topological polar surface area (TPSA) is 118 Å². The molecule has 1 aromatic heterocycles. The third-order valence-electron chi connectivity index (χ3n) is 7.85. The molecule has 9 nitrogen and oxygen atoms in total. The first-order valence-corrected chi connectivity index (χ1v) is 16.6. The molecule has 0 amide bonds. The Bertz CT molecular complexity index is 1520. The van der Waals surface area contributed by atoms with E-state index in [0.717, 1.165) is 58.5 Å². The Morgan fingerprint density at radius 3 is 2.62 bits per heavy atom. The fraction of sp³-hybridized carbons (Fsp3) is 0.457. The van der Waals surface area contributed by atoms with Crippen LogP contribution in [0.4, 0.5) is 5.69 Å². The van der Waals surface area contributed by atoms with Crippen LogP contribution in [0, 0.1) is 11.3 Å². The van der Waals surface area contributed by atoms with E-state index in [0.29, 0.717) is 23.9 Å². The number of aliphatic hydroxyl groups is 1. The molecule has 0 unspecified atom stereocenters. The highest BCUT2D eigenvalue weighted by Gasteiger charge is 2.19.